The Morgan fingerprint density at radius 1 is 0.946 bits per heavy atom. The number of aryl methyl sites for hydroxylation is 2. The maximum absolute atomic E-state index is 12.6. The number of rotatable bonds is 9. The summed E-state index contributed by atoms with van der Waals surface area (Å²) in [7, 11) is 0. The second-order valence-electron chi connectivity index (χ2n) is 9.61. The lowest BCUT2D eigenvalue weighted by atomic mass is 9.84. The van der Waals surface area contributed by atoms with Crippen molar-refractivity contribution in [3.63, 3.8) is 0 Å². The van der Waals surface area contributed by atoms with E-state index in [2.05, 4.69) is 22.0 Å². The minimum absolute atomic E-state index is 0.133. The van der Waals surface area contributed by atoms with Gasteiger partial charge in [-0.25, -0.2) is 0 Å². The zero-order chi connectivity index (χ0) is 26.2. The van der Waals surface area contributed by atoms with Gasteiger partial charge in [-0.2, -0.15) is 0 Å². The first-order valence-electron chi connectivity index (χ1n) is 12.9. The van der Waals surface area contributed by atoms with E-state index in [-0.39, 0.29) is 11.8 Å². The van der Waals surface area contributed by atoms with Crippen LogP contribution in [-0.2, 0) is 6.42 Å². The molecule has 1 saturated heterocycles. The van der Waals surface area contributed by atoms with Crippen LogP contribution in [0, 0.1) is 6.92 Å². The van der Waals surface area contributed by atoms with Crippen LogP contribution in [0.5, 0.6) is 5.75 Å². The van der Waals surface area contributed by atoms with Gasteiger partial charge in [0.25, 0.3) is 11.8 Å². The molecule has 0 spiro atoms. The van der Waals surface area contributed by atoms with Crippen LogP contribution in [0.1, 0.15) is 69.0 Å². The molecule has 4 N–H and O–H groups in total. The van der Waals surface area contributed by atoms with Gasteiger partial charge in [0.05, 0.1) is 0 Å². The van der Waals surface area contributed by atoms with Gasteiger partial charge in [0, 0.05) is 28.4 Å². The molecule has 0 unspecified atom stereocenters. The molecule has 3 aromatic rings. The van der Waals surface area contributed by atoms with Crippen LogP contribution >= 0.6 is 11.6 Å². The Labute approximate surface area is 223 Å². The Kier molecular flexibility index (Phi) is 9.20. The highest BCUT2D eigenvalue weighted by Crippen LogP contribution is 2.33. The SMILES string of the molecule is Cc1cc(CCCCNC(=O)c2ccc(NC(=O)c3ccc(Cl)cc3)cc2)c(C2CCNCC2)cc1O. The number of carbonyl (C=O) groups excluding carboxylic acids is 2. The lowest BCUT2D eigenvalue weighted by Gasteiger charge is -2.26. The summed E-state index contributed by atoms with van der Waals surface area (Å²) in [5.74, 6) is 0.494. The van der Waals surface area contributed by atoms with Gasteiger partial charge >= 0.3 is 0 Å². The third kappa shape index (κ3) is 7.34. The van der Waals surface area contributed by atoms with Gasteiger partial charge in [0.15, 0.2) is 0 Å². The number of unbranched alkanes of at least 4 members (excludes halogenated alkanes) is 1. The molecule has 1 heterocycles. The average Bonchev–Trinajstić information content (AvgIpc) is 2.91. The van der Waals surface area contributed by atoms with E-state index in [1.165, 1.54) is 11.1 Å². The van der Waals surface area contributed by atoms with Crippen LogP contribution in [0.25, 0.3) is 0 Å². The molecule has 37 heavy (non-hydrogen) atoms. The molecule has 0 bridgehead atoms. The van der Waals surface area contributed by atoms with E-state index < -0.39 is 0 Å². The predicted octanol–water partition coefficient (Wildman–Crippen LogP) is 5.83. The fourth-order valence-electron chi connectivity index (χ4n) is 4.76. The number of nitrogens with one attached hydrogen (secondary N) is 3. The number of benzene rings is 3. The molecule has 194 valence electrons. The predicted molar refractivity (Wildman–Crippen MR) is 149 cm³/mol. The zero-order valence-corrected chi connectivity index (χ0v) is 21.9. The summed E-state index contributed by atoms with van der Waals surface area (Å²) in [4.78, 5) is 24.9. The zero-order valence-electron chi connectivity index (χ0n) is 21.1. The van der Waals surface area contributed by atoms with Gasteiger partial charge in [-0.15, -0.1) is 0 Å². The number of piperidine rings is 1. The van der Waals surface area contributed by atoms with E-state index in [9.17, 15) is 14.7 Å². The second-order valence-corrected chi connectivity index (χ2v) is 10.0. The van der Waals surface area contributed by atoms with Crippen LogP contribution in [0.2, 0.25) is 5.02 Å². The van der Waals surface area contributed by atoms with Gasteiger partial charge in [-0.05, 0) is 129 Å². The number of aromatic hydroxyl groups is 1. The maximum Gasteiger partial charge on any atom is 0.255 e. The van der Waals surface area contributed by atoms with E-state index in [1.807, 2.05) is 13.0 Å². The number of hydrogen-bond acceptors (Lipinski definition) is 4. The Balaban J connectivity index is 1.24. The maximum atomic E-state index is 12.6. The summed E-state index contributed by atoms with van der Waals surface area (Å²) in [5, 5.41) is 20.1. The van der Waals surface area contributed by atoms with Gasteiger partial charge in [0.1, 0.15) is 5.75 Å². The Bertz CT molecular complexity index is 1220. The average molecular weight is 520 g/mol. The number of halogens is 1. The number of phenols is 1. The van der Waals surface area contributed by atoms with Crippen molar-refractivity contribution < 1.29 is 14.7 Å². The highest BCUT2D eigenvalue weighted by atomic mass is 35.5. The van der Waals surface area contributed by atoms with Crippen molar-refractivity contribution in [1.82, 2.24) is 10.6 Å². The number of phenolic OH excluding ortho intramolecular Hbond substituents is 1. The molecule has 0 aromatic heterocycles. The first-order chi connectivity index (χ1) is 17.9. The van der Waals surface area contributed by atoms with E-state index in [4.69, 9.17) is 11.6 Å². The molecule has 4 rings (SSSR count). The lowest BCUT2D eigenvalue weighted by Crippen LogP contribution is -2.27. The van der Waals surface area contributed by atoms with Crippen molar-refractivity contribution in [2.24, 2.45) is 0 Å². The summed E-state index contributed by atoms with van der Waals surface area (Å²) in [6.07, 6.45) is 4.94. The summed E-state index contributed by atoms with van der Waals surface area (Å²) >= 11 is 5.87. The highest BCUT2D eigenvalue weighted by Gasteiger charge is 2.19. The summed E-state index contributed by atoms with van der Waals surface area (Å²) in [6, 6.07) is 17.6. The summed E-state index contributed by atoms with van der Waals surface area (Å²) in [6.45, 7) is 4.56. The number of carbonyl (C=O) groups is 2. The molecule has 2 amide bonds. The van der Waals surface area contributed by atoms with Crippen LogP contribution in [0.15, 0.2) is 60.7 Å². The monoisotopic (exact) mass is 519 g/mol. The van der Waals surface area contributed by atoms with E-state index in [0.29, 0.717) is 40.0 Å². The molecule has 6 nitrogen and oxygen atoms in total. The van der Waals surface area contributed by atoms with Crippen LogP contribution < -0.4 is 16.0 Å². The van der Waals surface area contributed by atoms with E-state index in [0.717, 1.165) is 50.8 Å². The van der Waals surface area contributed by atoms with Gasteiger partial charge in [-0.3, -0.25) is 9.59 Å². The van der Waals surface area contributed by atoms with Crippen molar-refractivity contribution >= 4 is 29.1 Å². The molecular formula is C30H34ClN3O3. The lowest BCUT2D eigenvalue weighted by molar-refractivity contribution is 0.0952. The summed E-state index contributed by atoms with van der Waals surface area (Å²) in [5.41, 5.74) is 5.17. The van der Waals surface area contributed by atoms with Crippen molar-refractivity contribution in [3.05, 3.63) is 93.5 Å². The topological polar surface area (TPSA) is 90.5 Å². The smallest absolute Gasteiger partial charge is 0.255 e. The minimum Gasteiger partial charge on any atom is -0.508 e. The standard InChI is InChI=1S/C30H34ClN3O3/c1-20-18-24(27(19-28(20)35)21-13-16-32-17-14-21)4-2-3-15-33-29(36)22-7-11-26(12-8-22)34-30(37)23-5-9-25(31)10-6-23/h5-12,18-19,21,32,35H,2-4,13-17H2,1H3,(H,33,36)(H,34,37). The molecule has 0 aliphatic carbocycles. The second kappa shape index (κ2) is 12.7. The molecule has 0 atom stereocenters. The van der Waals surface area contributed by atoms with Crippen LogP contribution in [0.4, 0.5) is 5.69 Å². The number of hydrogen-bond donors (Lipinski definition) is 4. The molecule has 1 aliphatic heterocycles. The molecule has 7 heteroatoms. The number of anilines is 1. The molecular weight excluding hydrogens is 486 g/mol. The molecule has 1 aliphatic rings. The minimum atomic E-state index is -0.235. The quantitative estimate of drug-likeness (QED) is 0.268. The van der Waals surface area contributed by atoms with Gasteiger partial charge in [-0.1, -0.05) is 17.7 Å². The van der Waals surface area contributed by atoms with Crippen molar-refractivity contribution in [3.8, 4) is 5.75 Å². The van der Waals surface area contributed by atoms with Crippen molar-refractivity contribution in [2.75, 3.05) is 25.0 Å². The Morgan fingerprint density at radius 3 is 2.30 bits per heavy atom. The Morgan fingerprint density at radius 2 is 1.59 bits per heavy atom. The highest BCUT2D eigenvalue weighted by molar-refractivity contribution is 6.30. The van der Waals surface area contributed by atoms with Gasteiger partial charge in [0.2, 0.25) is 0 Å². The molecule has 0 saturated carbocycles. The molecule has 3 aromatic carbocycles. The Hall–Kier alpha value is -3.35. The van der Waals surface area contributed by atoms with E-state index in [1.54, 1.807) is 48.5 Å². The van der Waals surface area contributed by atoms with Crippen molar-refractivity contribution in [2.45, 2.75) is 44.9 Å². The van der Waals surface area contributed by atoms with E-state index >= 15 is 0 Å². The van der Waals surface area contributed by atoms with Crippen LogP contribution in [-0.4, -0.2) is 36.6 Å². The third-order valence-corrected chi connectivity index (χ3v) is 7.16. The van der Waals surface area contributed by atoms with Crippen LogP contribution in [0.3, 0.4) is 0 Å². The normalized spacial score (nSPS) is 13.8. The summed E-state index contributed by atoms with van der Waals surface area (Å²) < 4.78 is 0. The fourth-order valence-corrected chi connectivity index (χ4v) is 4.88. The third-order valence-electron chi connectivity index (χ3n) is 6.91. The molecule has 1 fully saturated rings. The largest absolute Gasteiger partial charge is 0.508 e. The fraction of sp³-hybridized carbons (Fsp3) is 0.333. The van der Waals surface area contributed by atoms with Gasteiger partial charge < -0.3 is 21.1 Å². The first-order valence-corrected chi connectivity index (χ1v) is 13.3. The first kappa shape index (κ1) is 26.7. The molecule has 0 radical (unpaired) electrons. The number of amides is 2. The van der Waals surface area contributed by atoms with Crippen molar-refractivity contribution in [1.29, 1.82) is 0 Å².